The number of benzene rings is 2. The zero-order chi connectivity index (χ0) is 23.8. The summed E-state index contributed by atoms with van der Waals surface area (Å²) in [4.78, 5) is 17.0. The Balaban J connectivity index is 1.83. The van der Waals surface area contributed by atoms with Crippen LogP contribution in [0.2, 0.25) is 0 Å². The number of halogens is 3. The van der Waals surface area contributed by atoms with Gasteiger partial charge in [0.2, 0.25) is 0 Å². The summed E-state index contributed by atoms with van der Waals surface area (Å²) in [5, 5.41) is 0.733. The number of carbonyl (C=O) groups is 1. The highest BCUT2D eigenvalue weighted by atomic mass is 32.2. The van der Waals surface area contributed by atoms with Gasteiger partial charge in [0.1, 0.15) is 0 Å². The van der Waals surface area contributed by atoms with Gasteiger partial charge in [0.25, 0.3) is 0 Å². The fraction of sp³-hybridized carbons (Fsp3) is 0.391. The molecule has 0 saturated heterocycles. The van der Waals surface area contributed by atoms with Gasteiger partial charge in [-0.2, -0.15) is 13.2 Å². The van der Waals surface area contributed by atoms with Gasteiger partial charge < -0.3 is 14.0 Å². The molecule has 1 heterocycles. The van der Waals surface area contributed by atoms with Gasteiger partial charge in [-0.25, -0.2) is 9.78 Å². The molecule has 2 aromatic carbocycles. The molecule has 0 bridgehead atoms. The summed E-state index contributed by atoms with van der Waals surface area (Å²) in [5.41, 5.74) is -1.58. The van der Waals surface area contributed by atoms with Crippen LogP contribution in [-0.4, -0.2) is 40.8 Å². The molecule has 0 unspecified atom stereocenters. The van der Waals surface area contributed by atoms with Crippen molar-refractivity contribution < 1.29 is 27.4 Å². The first-order valence-corrected chi connectivity index (χ1v) is 12.3. The molecule has 178 valence electrons. The van der Waals surface area contributed by atoms with Gasteiger partial charge in [-0.05, 0) is 67.9 Å². The van der Waals surface area contributed by atoms with Crippen LogP contribution in [0, 0.1) is 0 Å². The molecular formula is C23H25F3N2O3S2. The maximum Gasteiger partial charge on any atom is 0.446 e. The van der Waals surface area contributed by atoms with E-state index < -0.39 is 11.5 Å². The number of nitrogens with zero attached hydrogens (tertiary/aromatic N) is 2. The highest BCUT2D eigenvalue weighted by molar-refractivity contribution is 8.00. The Morgan fingerprint density at radius 1 is 1.12 bits per heavy atom. The van der Waals surface area contributed by atoms with Crippen LogP contribution >= 0.6 is 23.5 Å². The largest absolute Gasteiger partial charge is 0.462 e. The second kappa shape index (κ2) is 11.8. The first kappa shape index (κ1) is 25.5. The molecule has 0 aliphatic carbocycles. The maximum atomic E-state index is 12.7. The Morgan fingerprint density at radius 3 is 2.67 bits per heavy atom. The first-order valence-electron chi connectivity index (χ1n) is 10.5. The number of hydrogen-bond donors (Lipinski definition) is 0. The molecule has 1 aromatic heterocycles. The van der Waals surface area contributed by atoms with Crippen molar-refractivity contribution in [2.75, 3.05) is 19.8 Å². The summed E-state index contributed by atoms with van der Waals surface area (Å²) < 4.78 is 50.7. The third-order valence-corrected chi connectivity index (χ3v) is 6.37. The fourth-order valence-electron chi connectivity index (χ4n) is 3.22. The van der Waals surface area contributed by atoms with Crippen molar-refractivity contribution in [2.24, 2.45) is 0 Å². The van der Waals surface area contributed by atoms with Gasteiger partial charge in [-0.1, -0.05) is 23.9 Å². The van der Waals surface area contributed by atoms with Crippen LogP contribution in [0.25, 0.3) is 11.0 Å². The monoisotopic (exact) mass is 498 g/mol. The van der Waals surface area contributed by atoms with Gasteiger partial charge in [0.05, 0.1) is 23.2 Å². The van der Waals surface area contributed by atoms with E-state index in [4.69, 9.17) is 14.5 Å². The molecule has 0 atom stereocenters. The predicted molar refractivity (Wildman–Crippen MR) is 125 cm³/mol. The van der Waals surface area contributed by atoms with Gasteiger partial charge in [0.15, 0.2) is 5.16 Å². The molecule has 0 saturated carbocycles. The highest BCUT2D eigenvalue weighted by Crippen LogP contribution is 2.37. The molecule has 0 fully saturated rings. The number of imidazole rings is 1. The van der Waals surface area contributed by atoms with Crippen LogP contribution < -0.4 is 0 Å². The molecule has 3 rings (SSSR count). The number of fused-ring (bicyclic) bond motifs is 1. The summed E-state index contributed by atoms with van der Waals surface area (Å²) >= 11 is 1.32. The molecule has 0 spiro atoms. The Kier molecular flexibility index (Phi) is 9.10. The van der Waals surface area contributed by atoms with E-state index in [0.717, 1.165) is 22.7 Å². The van der Waals surface area contributed by atoms with Crippen LogP contribution in [-0.2, 0) is 21.8 Å². The van der Waals surface area contributed by atoms with Crippen molar-refractivity contribution in [3.8, 4) is 0 Å². The van der Waals surface area contributed by atoms with Crippen LogP contribution in [0.1, 0.15) is 36.2 Å². The fourth-order valence-corrected chi connectivity index (χ4v) is 4.83. The molecule has 0 aliphatic rings. The van der Waals surface area contributed by atoms with Crippen molar-refractivity contribution in [1.82, 2.24) is 9.55 Å². The topological polar surface area (TPSA) is 53.4 Å². The average Bonchev–Trinajstić information content (AvgIpc) is 3.11. The van der Waals surface area contributed by atoms with Gasteiger partial charge in [-0.3, -0.25) is 0 Å². The second-order valence-electron chi connectivity index (χ2n) is 7.00. The zero-order valence-electron chi connectivity index (χ0n) is 18.4. The molecule has 0 amide bonds. The predicted octanol–water partition coefficient (Wildman–Crippen LogP) is 6.54. The number of hydrogen-bond acceptors (Lipinski definition) is 6. The summed E-state index contributed by atoms with van der Waals surface area (Å²) in [7, 11) is 0. The maximum absolute atomic E-state index is 12.7. The van der Waals surface area contributed by atoms with E-state index in [1.807, 2.05) is 13.0 Å². The van der Waals surface area contributed by atoms with E-state index in [2.05, 4.69) is 4.57 Å². The molecule has 10 heteroatoms. The number of aromatic nitrogens is 2. The van der Waals surface area contributed by atoms with Crippen molar-refractivity contribution >= 4 is 40.5 Å². The minimum Gasteiger partial charge on any atom is -0.462 e. The van der Waals surface area contributed by atoms with E-state index in [1.165, 1.54) is 17.8 Å². The Morgan fingerprint density at radius 2 is 1.94 bits per heavy atom. The van der Waals surface area contributed by atoms with Crippen molar-refractivity contribution in [2.45, 2.75) is 48.1 Å². The lowest BCUT2D eigenvalue weighted by Gasteiger charge is -2.10. The standard InChI is InChI=1S/C23H25F3N2O3S2/c1-3-30-12-6-11-28-20-10-9-17(21(29)31-4-2)14-19(20)27-22(28)32-15-16-7-5-8-18(13-16)33-23(24,25)26/h5,7-10,13-14H,3-4,6,11-12,15H2,1-2H3. The lowest BCUT2D eigenvalue weighted by Crippen LogP contribution is -2.05. The lowest BCUT2D eigenvalue weighted by atomic mass is 10.2. The smallest absolute Gasteiger partial charge is 0.446 e. The van der Waals surface area contributed by atoms with E-state index in [0.29, 0.717) is 36.6 Å². The van der Waals surface area contributed by atoms with E-state index >= 15 is 0 Å². The number of rotatable bonds is 11. The van der Waals surface area contributed by atoms with Crippen molar-refractivity contribution in [1.29, 1.82) is 0 Å². The van der Waals surface area contributed by atoms with Crippen molar-refractivity contribution in [3.63, 3.8) is 0 Å². The summed E-state index contributed by atoms with van der Waals surface area (Å²) in [6.07, 6.45) is 0.782. The summed E-state index contributed by atoms with van der Waals surface area (Å²) in [6.45, 7) is 5.90. The number of aryl methyl sites for hydroxylation is 1. The third kappa shape index (κ3) is 7.41. The number of carbonyl (C=O) groups excluding carboxylic acids is 1. The van der Waals surface area contributed by atoms with Crippen LogP contribution in [0.5, 0.6) is 0 Å². The third-order valence-electron chi connectivity index (χ3n) is 4.60. The minimum absolute atomic E-state index is 0.120. The lowest BCUT2D eigenvalue weighted by molar-refractivity contribution is -0.0328. The molecule has 0 radical (unpaired) electrons. The Bertz CT molecular complexity index is 1090. The van der Waals surface area contributed by atoms with Crippen molar-refractivity contribution in [3.05, 3.63) is 53.6 Å². The Labute approximate surface area is 199 Å². The molecule has 0 N–H and O–H groups in total. The van der Waals surface area contributed by atoms with E-state index in [1.54, 1.807) is 37.3 Å². The van der Waals surface area contributed by atoms with Gasteiger partial charge in [-0.15, -0.1) is 0 Å². The second-order valence-corrected chi connectivity index (χ2v) is 9.09. The summed E-state index contributed by atoms with van der Waals surface area (Å²) in [5.74, 6) is 0.0599. The van der Waals surface area contributed by atoms with Crippen LogP contribution in [0.15, 0.2) is 52.5 Å². The zero-order valence-corrected chi connectivity index (χ0v) is 20.0. The quantitative estimate of drug-likeness (QED) is 0.170. The number of alkyl halides is 3. The first-order chi connectivity index (χ1) is 15.8. The molecule has 0 aliphatic heterocycles. The highest BCUT2D eigenvalue weighted by Gasteiger charge is 2.29. The Hall–Kier alpha value is -2.17. The molecule has 3 aromatic rings. The molecular weight excluding hydrogens is 473 g/mol. The van der Waals surface area contributed by atoms with Crippen LogP contribution in [0.3, 0.4) is 0 Å². The summed E-state index contributed by atoms with van der Waals surface area (Å²) in [6, 6.07) is 11.7. The number of esters is 1. The van der Waals surface area contributed by atoms with Gasteiger partial charge >= 0.3 is 11.5 Å². The SMILES string of the molecule is CCOCCCn1c(SCc2cccc(SC(F)(F)F)c2)nc2cc(C(=O)OCC)ccc21. The normalized spacial score (nSPS) is 11.8. The van der Waals surface area contributed by atoms with Gasteiger partial charge in [0, 0.05) is 30.4 Å². The molecule has 33 heavy (non-hydrogen) atoms. The number of ether oxygens (including phenoxy) is 2. The van der Waals surface area contributed by atoms with E-state index in [-0.39, 0.29) is 23.3 Å². The average molecular weight is 499 g/mol. The number of thioether (sulfide) groups is 2. The minimum atomic E-state index is -4.32. The van der Waals surface area contributed by atoms with E-state index in [9.17, 15) is 18.0 Å². The molecule has 5 nitrogen and oxygen atoms in total. The van der Waals surface area contributed by atoms with Crippen LogP contribution in [0.4, 0.5) is 13.2 Å².